The maximum atomic E-state index is 12.7. The van der Waals surface area contributed by atoms with Crippen molar-refractivity contribution < 1.29 is 9.90 Å². The molecule has 0 radical (unpaired) electrons. The molecule has 1 amide bonds. The molecule has 0 aliphatic carbocycles. The second-order valence-electron chi connectivity index (χ2n) is 5.64. The first kappa shape index (κ1) is 15.6. The maximum Gasteiger partial charge on any atom is 0.254 e. The van der Waals surface area contributed by atoms with Crippen LogP contribution >= 0.6 is 0 Å². The fraction of sp³-hybridized carbons (Fsp3) is 0.533. The van der Waals surface area contributed by atoms with E-state index in [0.717, 1.165) is 25.9 Å². The molecular weight excluding hydrogens is 268 g/mol. The summed E-state index contributed by atoms with van der Waals surface area (Å²) in [5, 5.41) is 9.27. The molecule has 116 valence electrons. The lowest BCUT2D eigenvalue weighted by Crippen LogP contribution is -2.47. The van der Waals surface area contributed by atoms with Crippen LogP contribution in [-0.4, -0.2) is 60.1 Å². The van der Waals surface area contributed by atoms with Crippen LogP contribution in [0.2, 0.25) is 0 Å². The normalized spacial score (nSPS) is 16.9. The number of rotatable bonds is 4. The molecule has 0 bridgehead atoms. The number of nitrogens with two attached hydrogens (primary N) is 2. The lowest BCUT2D eigenvalue weighted by atomic mass is 10.0. The summed E-state index contributed by atoms with van der Waals surface area (Å²) < 4.78 is 0. The van der Waals surface area contributed by atoms with Gasteiger partial charge in [-0.05, 0) is 51.2 Å². The number of anilines is 2. The number of hydrogen-bond donors (Lipinski definition) is 3. The summed E-state index contributed by atoms with van der Waals surface area (Å²) in [7, 11) is 2.08. The summed E-state index contributed by atoms with van der Waals surface area (Å²) in [6, 6.07) is 5.06. The highest BCUT2D eigenvalue weighted by Crippen LogP contribution is 2.20. The van der Waals surface area contributed by atoms with Gasteiger partial charge in [0.15, 0.2) is 0 Å². The van der Waals surface area contributed by atoms with Gasteiger partial charge in [0, 0.05) is 29.5 Å². The Hall–Kier alpha value is -1.79. The fourth-order valence-electron chi connectivity index (χ4n) is 2.83. The first-order valence-electron chi connectivity index (χ1n) is 7.27. The van der Waals surface area contributed by atoms with E-state index in [1.165, 1.54) is 0 Å². The Kier molecular flexibility index (Phi) is 5.03. The van der Waals surface area contributed by atoms with E-state index in [1.54, 1.807) is 23.1 Å². The first-order chi connectivity index (χ1) is 10.0. The highest BCUT2D eigenvalue weighted by atomic mass is 16.3. The van der Waals surface area contributed by atoms with Crippen LogP contribution < -0.4 is 11.5 Å². The van der Waals surface area contributed by atoms with Crippen LogP contribution in [0.15, 0.2) is 18.2 Å². The molecule has 1 aliphatic rings. The Labute approximate surface area is 125 Å². The van der Waals surface area contributed by atoms with Crippen molar-refractivity contribution >= 4 is 17.3 Å². The van der Waals surface area contributed by atoms with Crippen molar-refractivity contribution in [3.63, 3.8) is 0 Å². The third kappa shape index (κ3) is 3.86. The van der Waals surface area contributed by atoms with Gasteiger partial charge in [0.25, 0.3) is 5.91 Å². The lowest BCUT2D eigenvalue weighted by Gasteiger charge is -2.37. The molecule has 0 unspecified atom stereocenters. The zero-order valence-electron chi connectivity index (χ0n) is 12.5. The number of piperidine rings is 1. The van der Waals surface area contributed by atoms with Crippen molar-refractivity contribution in [3.05, 3.63) is 23.8 Å². The van der Waals surface area contributed by atoms with Gasteiger partial charge in [0.2, 0.25) is 0 Å². The molecule has 0 saturated carbocycles. The van der Waals surface area contributed by atoms with E-state index in [2.05, 4.69) is 11.9 Å². The minimum Gasteiger partial charge on any atom is -0.399 e. The highest BCUT2D eigenvalue weighted by Gasteiger charge is 2.27. The number of hydrogen-bond acceptors (Lipinski definition) is 5. The first-order valence-corrected chi connectivity index (χ1v) is 7.27. The fourth-order valence-corrected chi connectivity index (χ4v) is 2.83. The van der Waals surface area contributed by atoms with Gasteiger partial charge in [-0.3, -0.25) is 4.79 Å². The smallest absolute Gasteiger partial charge is 0.254 e. The van der Waals surface area contributed by atoms with Crippen molar-refractivity contribution in [2.45, 2.75) is 18.9 Å². The SMILES string of the molecule is CN1CCC(N(CCO)C(=O)c2cc(N)cc(N)c2)CC1. The zero-order chi connectivity index (χ0) is 15.4. The minimum absolute atomic E-state index is 0.0458. The Morgan fingerprint density at radius 3 is 2.38 bits per heavy atom. The lowest BCUT2D eigenvalue weighted by molar-refractivity contribution is 0.0540. The number of aliphatic hydroxyl groups is 1. The highest BCUT2D eigenvalue weighted by molar-refractivity contribution is 5.96. The number of nitrogen functional groups attached to an aromatic ring is 2. The molecule has 21 heavy (non-hydrogen) atoms. The predicted octanol–water partition coefficient (Wildman–Crippen LogP) is 0.380. The number of aliphatic hydroxyl groups excluding tert-OH is 1. The van der Waals surface area contributed by atoms with Crippen LogP contribution in [0, 0.1) is 0 Å². The number of carbonyl (C=O) groups is 1. The quantitative estimate of drug-likeness (QED) is 0.697. The van der Waals surface area contributed by atoms with E-state index in [1.807, 2.05) is 0 Å². The molecule has 1 fully saturated rings. The number of amides is 1. The summed E-state index contributed by atoms with van der Waals surface area (Å²) in [5.74, 6) is -0.113. The van der Waals surface area contributed by atoms with E-state index >= 15 is 0 Å². The van der Waals surface area contributed by atoms with Crippen LogP contribution in [0.25, 0.3) is 0 Å². The number of carbonyl (C=O) groups excluding carboxylic acids is 1. The van der Waals surface area contributed by atoms with E-state index < -0.39 is 0 Å². The Morgan fingerprint density at radius 1 is 1.29 bits per heavy atom. The monoisotopic (exact) mass is 292 g/mol. The van der Waals surface area contributed by atoms with Gasteiger partial charge in [-0.15, -0.1) is 0 Å². The molecule has 0 atom stereocenters. The third-order valence-corrected chi connectivity index (χ3v) is 3.96. The van der Waals surface area contributed by atoms with Crippen LogP contribution in [-0.2, 0) is 0 Å². The van der Waals surface area contributed by atoms with Crippen LogP contribution in [0.3, 0.4) is 0 Å². The predicted molar refractivity (Wildman–Crippen MR) is 83.9 cm³/mol. The summed E-state index contributed by atoms with van der Waals surface area (Å²) in [4.78, 5) is 16.7. The Morgan fingerprint density at radius 2 is 1.86 bits per heavy atom. The third-order valence-electron chi connectivity index (χ3n) is 3.96. The second-order valence-corrected chi connectivity index (χ2v) is 5.64. The molecule has 1 aliphatic heterocycles. The van der Waals surface area contributed by atoms with E-state index in [0.29, 0.717) is 23.5 Å². The van der Waals surface area contributed by atoms with E-state index in [9.17, 15) is 9.90 Å². The molecule has 0 spiro atoms. The van der Waals surface area contributed by atoms with Gasteiger partial charge in [-0.2, -0.15) is 0 Å². The second kappa shape index (κ2) is 6.78. The minimum atomic E-state index is -0.113. The average molecular weight is 292 g/mol. The van der Waals surface area contributed by atoms with Crippen LogP contribution in [0.1, 0.15) is 23.2 Å². The largest absolute Gasteiger partial charge is 0.399 e. The molecule has 6 nitrogen and oxygen atoms in total. The topological polar surface area (TPSA) is 95.8 Å². The van der Waals surface area contributed by atoms with Gasteiger partial charge >= 0.3 is 0 Å². The van der Waals surface area contributed by atoms with Crippen molar-refractivity contribution in [3.8, 4) is 0 Å². The van der Waals surface area contributed by atoms with Gasteiger partial charge in [0.05, 0.1) is 6.61 Å². The number of benzene rings is 1. The van der Waals surface area contributed by atoms with Crippen LogP contribution in [0.4, 0.5) is 11.4 Å². The molecule has 5 N–H and O–H groups in total. The average Bonchev–Trinajstić information content (AvgIpc) is 2.44. The molecule has 2 rings (SSSR count). The Balaban J connectivity index is 2.18. The molecule has 6 heteroatoms. The summed E-state index contributed by atoms with van der Waals surface area (Å²) >= 11 is 0. The Bertz CT molecular complexity index is 478. The zero-order valence-corrected chi connectivity index (χ0v) is 12.5. The van der Waals surface area contributed by atoms with E-state index in [4.69, 9.17) is 11.5 Å². The maximum absolute atomic E-state index is 12.7. The van der Waals surface area contributed by atoms with Gasteiger partial charge < -0.3 is 26.4 Å². The summed E-state index contributed by atoms with van der Waals surface area (Å²) in [5.41, 5.74) is 13.0. The standard InChI is InChI=1S/C15H24N4O2/c1-18-4-2-14(3-5-18)19(6-7-20)15(21)11-8-12(16)10-13(17)9-11/h8-10,14,20H,2-7,16-17H2,1H3. The molecule has 1 aromatic rings. The molecular formula is C15H24N4O2. The molecule has 1 saturated heterocycles. The molecule has 0 aromatic heterocycles. The number of likely N-dealkylation sites (tertiary alicyclic amines) is 1. The van der Waals surface area contributed by atoms with Crippen LogP contribution in [0.5, 0.6) is 0 Å². The van der Waals surface area contributed by atoms with Gasteiger partial charge in [-0.25, -0.2) is 0 Å². The van der Waals surface area contributed by atoms with Gasteiger partial charge in [0.1, 0.15) is 0 Å². The van der Waals surface area contributed by atoms with E-state index in [-0.39, 0.29) is 18.6 Å². The van der Waals surface area contributed by atoms with Gasteiger partial charge in [-0.1, -0.05) is 0 Å². The van der Waals surface area contributed by atoms with Crippen molar-refractivity contribution in [2.75, 3.05) is 44.8 Å². The van der Waals surface area contributed by atoms with Crippen molar-refractivity contribution in [1.29, 1.82) is 0 Å². The molecule has 1 aromatic carbocycles. The van der Waals surface area contributed by atoms with Crippen molar-refractivity contribution in [2.24, 2.45) is 0 Å². The number of nitrogens with zero attached hydrogens (tertiary/aromatic N) is 2. The summed E-state index contributed by atoms with van der Waals surface area (Å²) in [6.45, 7) is 2.20. The molecule has 1 heterocycles. The van der Waals surface area contributed by atoms with Crippen molar-refractivity contribution in [1.82, 2.24) is 9.80 Å². The summed E-state index contributed by atoms with van der Waals surface area (Å²) in [6.07, 6.45) is 1.83.